The summed E-state index contributed by atoms with van der Waals surface area (Å²) < 4.78 is 4.97. The molecule has 1 aliphatic carbocycles. The lowest BCUT2D eigenvalue weighted by atomic mass is 10.4. The van der Waals surface area contributed by atoms with Crippen molar-refractivity contribution in [3.05, 3.63) is 24.0 Å². The third kappa shape index (κ3) is 2.48. The molecule has 0 bridgehead atoms. The number of rotatable bonds is 5. The van der Waals surface area contributed by atoms with Crippen LogP contribution >= 0.6 is 0 Å². The molecule has 0 spiro atoms. The van der Waals surface area contributed by atoms with Crippen LogP contribution in [0.5, 0.6) is 5.88 Å². The van der Waals surface area contributed by atoms with Gasteiger partial charge in [-0.3, -0.25) is 0 Å². The van der Waals surface area contributed by atoms with Crippen molar-refractivity contribution in [2.24, 2.45) is 0 Å². The number of H-pyrrole nitrogens is 1. The van der Waals surface area contributed by atoms with E-state index in [9.17, 15) is 0 Å². The molecule has 1 fully saturated rings. The maximum atomic E-state index is 4.97. The van der Waals surface area contributed by atoms with Crippen LogP contribution in [0.15, 0.2) is 18.3 Å². The van der Waals surface area contributed by atoms with E-state index in [0.29, 0.717) is 17.6 Å². The molecule has 6 heteroatoms. The second-order valence-electron chi connectivity index (χ2n) is 4.37. The van der Waals surface area contributed by atoms with Crippen LogP contribution in [0.25, 0.3) is 11.5 Å². The molecular weight excluding hydrogens is 230 g/mol. The summed E-state index contributed by atoms with van der Waals surface area (Å²) in [6.45, 7) is 0.821. The Bertz CT molecular complexity index is 518. The van der Waals surface area contributed by atoms with Gasteiger partial charge in [-0.15, -0.1) is 10.2 Å². The first-order valence-corrected chi connectivity index (χ1v) is 6.00. The molecule has 0 unspecified atom stereocenters. The van der Waals surface area contributed by atoms with Crippen LogP contribution in [0, 0.1) is 0 Å². The van der Waals surface area contributed by atoms with Crippen molar-refractivity contribution in [3.8, 4) is 17.4 Å². The summed E-state index contributed by atoms with van der Waals surface area (Å²) in [6.07, 6.45) is 4.40. The van der Waals surface area contributed by atoms with Gasteiger partial charge < -0.3 is 15.0 Å². The number of ether oxygens (including phenoxy) is 1. The van der Waals surface area contributed by atoms with Gasteiger partial charge in [-0.1, -0.05) is 0 Å². The molecular formula is C12H15N5O. The highest BCUT2D eigenvalue weighted by Gasteiger charge is 2.20. The standard InChI is InChI=1S/C12H15N5O/c1-18-11-5-4-10(16-17-11)12-14-7-9(15-12)6-13-8-2-3-8/h4-5,7-8,13H,2-3,6H2,1H3,(H,14,15). The van der Waals surface area contributed by atoms with E-state index in [1.807, 2.05) is 12.3 Å². The molecule has 0 aromatic carbocycles. The normalized spacial score (nSPS) is 14.7. The number of aromatic amines is 1. The summed E-state index contributed by atoms with van der Waals surface area (Å²) >= 11 is 0. The Morgan fingerprint density at radius 3 is 2.94 bits per heavy atom. The highest BCUT2D eigenvalue weighted by atomic mass is 16.5. The zero-order chi connectivity index (χ0) is 12.4. The van der Waals surface area contributed by atoms with E-state index < -0.39 is 0 Å². The van der Waals surface area contributed by atoms with E-state index in [1.165, 1.54) is 12.8 Å². The molecule has 2 N–H and O–H groups in total. The van der Waals surface area contributed by atoms with Crippen molar-refractivity contribution >= 4 is 0 Å². The van der Waals surface area contributed by atoms with E-state index in [4.69, 9.17) is 4.74 Å². The van der Waals surface area contributed by atoms with Crippen molar-refractivity contribution in [2.45, 2.75) is 25.4 Å². The molecule has 2 aromatic rings. The number of hydrogen-bond donors (Lipinski definition) is 2. The Morgan fingerprint density at radius 2 is 2.28 bits per heavy atom. The van der Waals surface area contributed by atoms with Gasteiger partial charge in [0.2, 0.25) is 5.88 Å². The fraction of sp³-hybridized carbons (Fsp3) is 0.417. The van der Waals surface area contributed by atoms with Crippen LogP contribution in [0.3, 0.4) is 0 Å². The summed E-state index contributed by atoms with van der Waals surface area (Å²) in [5.74, 6) is 1.23. The van der Waals surface area contributed by atoms with E-state index >= 15 is 0 Å². The minimum atomic E-state index is 0.501. The van der Waals surface area contributed by atoms with Crippen LogP contribution in [-0.2, 0) is 6.54 Å². The number of methoxy groups -OCH3 is 1. The third-order valence-electron chi connectivity index (χ3n) is 2.88. The summed E-state index contributed by atoms with van der Waals surface area (Å²) in [4.78, 5) is 7.53. The first kappa shape index (κ1) is 11.2. The average molecular weight is 245 g/mol. The lowest BCUT2D eigenvalue weighted by Gasteiger charge is -1.99. The highest BCUT2D eigenvalue weighted by molar-refractivity contribution is 5.48. The SMILES string of the molecule is COc1ccc(-c2ncc(CNC3CC3)[nH]2)nn1. The topological polar surface area (TPSA) is 75.7 Å². The molecule has 1 aliphatic rings. The van der Waals surface area contributed by atoms with E-state index in [0.717, 1.165) is 18.1 Å². The Kier molecular flexibility index (Phi) is 2.93. The van der Waals surface area contributed by atoms with Crippen molar-refractivity contribution in [1.82, 2.24) is 25.5 Å². The van der Waals surface area contributed by atoms with Gasteiger partial charge in [0.05, 0.1) is 13.3 Å². The van der Waals surface area contributed by atoms with E-state index in [-0.39, 0.29) is 0 Å². The largest absolute Gasteiger partial charge is 0.480 e. The number of hydrogen-bond acceptors (Lipinski definition) is 5. The maximum absolute atomic E-state index is 4.97. The van der Waals surface area contributed by atoms with Gasteiger partial charge in [0.15, 0.2) is 5.82 Å². The van der Waals surface area contributed by atoms with Gasteiger partial charge in [0.1, 0.15) is 5.69 Å². The Hall–Kier alpha value is -1.95. The van der Waals surface area contributed by atoms with Crippen molar-refractivity contribution < 1.29 is 4.74 Å². The summed E-state index contributed by atoms with van der Waals surface area (Å²) in [6, 6.07) is 4.30. The first-order chi connectivity index (χ1) is 8.85. The highest BCUT2D eigenvalue weighted by Crippen LogP contribution is 2.19. The van der Waals surface area contributed by atoms with Crippen LogP contribution in [0.2, 0.25) is 0 Å². The Morgan fingerprint density at radius 1 is 1.39 bits per heavy atom. The summed E-state index contributed by atoms with van der Waals surface area (Å²) in [5, 5.41) is 11.4. The van der Waals surface area contributed by atoms with Crippen LogP contribution < -0.4 is 10.1 Å². The van der Waals surface area contributed by atoms with Gasteiger partial charge in [0, 0.05) is 24.3 Å². The number of aromatic nitrogens is 4. The second-order valence-corrected chi connectivity index (χ2v) is 4.37. The van der Waals surface area contributed by atoms with Gasteiger partial charge in [-0.05, 0) is 18.9 Å². The first-order valence-electron chi connectivity index (χ1n) is 6.00. The lowest BCUT2D eigenvalue weighted by Crippen LogP contribution is -2.15. The van der Waals surface area contributed by atoms with Gasteiger partial charge in [-0.2, -0.15) is 0 Å². The minimum absolute atomic E-state index is 0.501. The maximum Gasteiger partial charge on any atom is 0.233 e. The monoisotopic (exact) mass is 245 g/mol. The molecule has 18 heavy (non-hydrogen) atoms. The Balaban J connectivity index is 1.70. The molecule has 2 aromatic heterocycles. The fourth-order valence-electron chi connectivity index (χ4n) is 1.68. The lowest BCUT2D eigenvalue weighted by molar-refractivity contribution is 0.392. The molecule has 0 aliphatic heterocycles. The quantitative estimate of drug-likeness (QED) is 0.825. The fourth-order valence-corrected chi connectivity index (χ4v) is 1.68. The number of imidazole rings is 1. The van der Waals surface area contributed by atoms with Crippen molar-refractivity contribution in [3.63, 3.8) is 0 Å². The van der Waals surface area contributed by atoms with Gasteiger partial charge >= 0.3 is 0 Å². The van der Waals surface area contributed by atoms with Gasteiger partial charge in [-0.25, -0.2) is 4.98 Å². The number of nitrogens with zero attached hydrogens (tertiary/aromatic N) is 3. The molecule has 3 rings (SSSR count). The van der Waals surface area contributed by atoms with Gasteiger partial charge in [0.25, 0.3) is 0 Å². The number of nitrogens with one attached hydrogen (secondary N) is 2. The predicted molar refractivity (Wildman–Crippen MR) is 66.0 cm³/mol. The molecule has 0 amide bonds. The molecule has 94 valence electrons. The zero-order valence-electron chi connectivity index (χ0n) is 10.2. The molecule has 0 saturated heterocycles. The van der Waals surface area contributed by atoms with E-state index in [1.54, 1.807) is 13.2 Å². The summed E-state index contributed by atoms with van der Waals surface area (Å²) in [7, 11) is 1.57. The van der Waals surface area contributed by atoms with E-state index in [2.05, 4.69) is 25.5 Å². The van der Waals surface area contributed by atoms with Crippen LogP contribution in [-0.4, -0.2) is 33.3 Å². The van der Waals surface area contributed by atoms with Crippen LogP contribution in [0.1, 0.15) is 18.5 Å². The zero-order valence-corrected chi connectivity index (χ0v) is 10.2. The smallest absolute Gasteiger partial charge is 0.233 e. The molecule has 1 saturated carbocycles. The summed E-state index contributed by atoms with van der Waals surface area (Å²) in [5.41, 5.74) is 1.78. The van der Waals surface area contributed by atoms with Crippen molar-refractivity contribution in [1.29, 1.82) is 0 Å². The third-order valence-corrected chi connectivity index (χ3v) is 2.88. The average Bonchev–Trinajstić information content (AvgIpc) is 3.14. The molecule has 0 radical (unpaired) electrons. The second kappa shape index (κ2) is 4.73. The van der Waals surface area contributed by atoms with Crippen LogP contribution in [0.4, 0.5) is 0 Å². The predicted octanol–water partition coefficient (Wildman–Crippen LogP) is 1.13. The molecule has 2 heterocycles. The molecule has 6 nitrogen and oxygen atoms in total. The minimum Gasteiger partial charge on any atom is -0.480 e. The Labute approximate surface area is 105 Å². The van der Waals surface area contributed by atoms with Crippen molar-refractivity contribution in [2.75, 3.05) is 7.11 Å². The molecule has 0 atom stereocenters.